The van der Waals surface area contributed by atoms with E-state index in [4.69, 9.17) is 0 Å². The first kappa shape index (κ1) is 20.2. The molecule has 0 radical (unpaired) electrons. The van der Waals surface area contributed by atoms with Gasteiger partial charge in [0, 0.05) is 42.8 Å². The first-order chi connectivity index (χ1) is 15.5. The van der Waals surface area contributed by atoms with E-state index in [0.29, 0.717) is 5.69 Å². The van der Waals surface area contributed by atoms with E-state index < -0.39 is 0 Å². The van der Waals surface area contributed by atoms with Crippen molar-refractivity contribution in [3.05, 3.63) is 66.0 Å². The summed E-state index contributed by atoms with van der Waals surface area (Å²) in [6.45, 7) is 3.57. The molecule has 1 aliphatic heterocycles. The van der Waals surface area contributed by atoms with Crippen LogP contribution in [0.2, 0.25) is 0 Å². The van der Waals surface area contributed by atoms with Gasteiger partial charge in [0.2, 0.25) is 0 Å². The monoisotopic (exact) mass is 432 g/mol. The van der Waals surface area contributed by atoms with E-state index in [1.54, 1.807) is 12.1 Å². The Morgan fingerprint density at radius 3 is 2.59 bits per heavy atom. The van der Waals surface area contributed by atoms with Crippen LogP contribution in [0.5, 0.6) is 0 Å². The second-order valence-corrected chi connectivity index (χ2v) is 8.29. The standard InChI is InChI=1S/C24H25FN6O/c1-15-26-14-22(30(15)2)16-3-8-21-20(13-16)23(29-28-21)24(32)27-18-9-11-31(12-10-18)19-6-4-17(25)5-7-19/h3-8,13-14,18H,9-12H2,1-2H3,(H,27,32)(H,28,29). The molecule has 8 heteroatoms. The molecule has 32 heavy (non-hydrogen) atoms. The van der Waals surface area contributed by atoms with E-state index in [2.05, 4.69) is 25.4 Å². The molecule has 1 aliphatic rings. The molecule has 0 spiro atoms. The molecule has 0 unspecified atom stereocenters. The van der Waals surface area contributed by atoms with Crippen LogP contribution in [0.1, 0.15) is 29.2 Å². The topological polar surface area (TPSA) is 78.8 Å². The summed E-state index contributed by atoms with van der Waals surface area (Å²) in [6.07, 6.45) is 3.49. The van der Waals surface area contributed by atoms with Gasteiger partial charge in [-0.1, -0.05) is 6.07 Å². The van der Waals surface area contributed by atoms with E-state index in [1.165, 1.54) is 12.1 Å². The van der Waals surface area contributed by atoms with Crippen LogP contribution in [0.25, 0.3) is 22.2 Å². The number of hydrogen-bond donors (Lipinski definition) is 2. The number of anilines is 1. The third-order valence-electron chi connectivity index (χ3n) is 6.32. The highest BCUT2D eigenvalue weighted by Crippen LogP contribution is 2.26. The van der Waals surface area contributed by atoms with E-state index in [9.17, 15) is 9.18 Å². The number of aryl methyl sites for hydroxylation is 1. The molecule has 0 bridgehead atoms. The maximum atomic E-state index is 13.2. The van der Waals surface area contributed by atoms with Crippen molar-refractivity contribution in [3.63, 3.8) is 0 Å². The van der Waals surface area contributed by atoms with Crippen molar-refractivity contribution in [2.24, 2.45) is 7.05 Å². The van der Waals surface area contributed by atoms with E-state index >= 15 is 0 Å². The minimum Gasteiger partial charge on any atom is -0.371 e. The molecule has 164 valence electrons. The fraction of sp³-hybridized carbons (Fsp3) is 0.292. The minimum atomic E-state index is -0.233. The number of fused-ring (bicyclic) bond motifs is 1. The van der Waals surface area contributed by atoms with Crippen LogP contribution in [0.15, 0.2) is 48.7 Å². The van der Waals surface area contributed by atoms with Crippen LogP contribution >= 0.6 is 0 Å². The highest BCUT2D eigenvalue weighted by molar-refractivity contribution is 6.05. The molecule has 0 saturated carbocycles. The number of imidazole rings is 1. The molecule has 0 atom stereocenters. The van der Waals surface area contributed by atoms with Crippen LogP contribution in [-0.2, 0) is 7.05 Å². The lowest BCUT2D eigenvalue weighted by atomic mass is 10.0. The number of aromatic amines is 1. The van der Waals surface area contributed by atoms with Crippen molar-refractivity contribution >= 4 is 22.5 Å². The van der Waals surface area contributed by atoms with Crippen molar-refractivity contribution in [2.75, 3.05) is 18.0 Å². The van der Waals surface area contributed by atoms with Crippen molar-refractivity contribution in [1.82, 2.24) is 25.1 Å². The second-order valence-electron chi connectivity index (χ2n) is 8.29. The van der Waals surface area contributed by atoms with Crippen LogP contribution in [0.3, 0.4) is 0 Å². The van der Waals surface area contributed by atoms with Gasteiger partial charge in [-0.25, -0.2) is 9.37 Å². The van der Waals surface area contributed by atoms with Gasteiger partial charge in [0.1, 0.15) is 11.6 Å². The maximum absolute atomic E-state index is 13.2. The van der Waals surface area contributed by atoms with Crippen molar-refractivity contribution < 1.29 is 9.18 Å². The van der Waals surface area contributed by atoms with Crippen LogP contribution in [0.4, 0.5) is 10.1 Å². The number of aromatic nitrogens is 4. The summed E-state index contributed by atoms with van der Waals surface area (Å²) in [5.41, 5.74) is 4.21. The summed E-state index contributed by atoms with van der Waals surface area (Å²) >= 11 is 0. The molecular formula is C24H25FN6O. The number of nitrogens with one attached hydrogen (secondary N) is 2. The molecule has 1 saturated heterocycles. The lowest BCUT2D eigenvalue weighted by molar-refractivity contribution is 0.0927. The molecule has 7 nitrogen and oxygen atoms in total. The summed E-state index contributed by atoms with van der Waals surface area (Å²) in [5.74, 6) is 0.524. The summed E-state index contributed by atoms with van der Waals surface area (Å²) in [7, 11) is 1.98. The molecule has 2 aromatic carbocycles. The largest absolute Gasteiger partial charge is 0.371 e. The highest BCUT2D eigenvalue weighted by Gasteiger charge is 2.23. The number of halogens is 1. The Balaban J connectivity index is 1.29. The third kappa shape index (κ3) is 3.72. The normalized spacial score (nSPS) is 14.8. The fourth-order valence-corrected chi connectivity index (χ4v) is 4.30. The zero-order valence-electron chi connectivity index (χ0n) is 18.1. The molecule has 2 aromatic heterocycles. The summed E-state index contributed by atoms with van der Waals surface area (Å²) in [6, 6.07) is 12.6. The molecular weight excluding hydrogens is 407 g/mol. The number of piperidine rings is 1. The summed E-state index contributed by atoms with van der Waals surface area (Å²) < 4.78 is 15.2. The van der Waals surface area contributed by atoms with E-state index in [1.807, 2.05) is 42.9 Å². The van der Waals surface area contributed by atoms with Gasteiger partial charge in [0.25, 0.3) is 5.91 Å². The molecule has 4 aromatic rings. The Bertz CT molecular complexity index is 1270. The van der Waals surface area contributed by atoms with Gasteiger partial charge in [0.15, 0.2) is 5.69 Å². The summed E-state index contributed by atoms with van der Waals surface area (Å²) in [5, 5.41) is 11.2. The van der Waals surface area contributed by atoms with Crippen molar-refractivity contribution in [3.8, 4) is 11.3 Å². The number of carbonyl (C=O) groups excluding carboxylic acids is 1. The zero-order valence-corrected chi connectivity index (χ0v) is 18.1. The van der Waals surface area contributed by atoms with Crippen LogP contribution < -0.4 is 10.2 Å². The number of hydrogen-bond acceptors (Lipinski definition) is 4. The molecule has 0 aliphatic carbocycles. The lowest BCUT2D eigenvalue weighted by Crippen LogP contribution is -2.44. The van der Waals surface area contributed by atoms with Gasteiger partial charge < -0.3 is 14.8 Å². The van der Waals surface area contributed by atoms with Crippen LogP contribution in [-0.4, -0.2) is 44.8 Å². The predicted molar refractivity (Wildman–Crippen MR) is 122 cm³/mol. The van der Waals surface area contributed by atoms with Gasteiger partial charge in [-0.2, -0.15) is 5.10 Å². The van der Waals surface area contributed by atoms with Crippen molar-refractivity contribution in [1.29, 1.82) is 0 Å². The number of rotatable bonds is 4. The Labute approximate surface area is 185 Å². The Morgan fingerprint density at radius 2 is 1.91 bits per heavy atom. The van der Waals surface area contributed by atoms with Crippen molar-refractivity contribution in [2.45, 2.75) is 25.8 Å². The third-order valence-corrected chi connectivity index (χ3v) is 6.32. The highest BCUT2D eigenvalue weighted by atomic mass is 19.1. The molecule has 5 rings (SSSR count). The van der Waals surface area contributed by atoms with E-state index in [-0.39, 0.29) is 17.8 Å². The average molecular weight is 433 g/mol. The van der Waals surface area contributed by atoms with Crippen LogP contribution in [0, 0.1) is 12.7 Å². The number of carbonyl (C=O) groups is 1. The Kier molecular flexibility index (Phi) is 5.13. The smallest absolute Gasteiger partial charge is 0.272 e. The Hall–Kier alpha value is -3.68. The van der Waals surface area contributed by atoms with Gasteiger partial charge >= 0.3 is 0 Å². The maximum Gasteiger partial charge on any atom is 0.272 e. The van der Waals surface area contributed by atoms with Gasteiger partial charge in [0.05, 0.1) is 17.4 Å². The SMILES string of the molecule is Cc1ncc(-c2ccc3[nH]nc(C(=O)NC4CCN(c5ccc(F)cc5)CC4)c3c2)n1C. The van der Waals surface area contributed by atoms with E-state index in [0.717, 1.165) is 59.6 Å². The second kappa shape index (κ2) is 8.11. The zero-order chi connectivity index (χ0) is 22.2. The lowest BCUT2D eigenvalue weighted by Gasteiger charge is -2.33. The molecule has 1 fully saturated rings. The number of amides is 1. The molecule has 3 heterocycles. The minimum absolute atomic E-state index is 0.0776. The molecule has 2 N–H and O–H groups in total. The number of nitrogens with zero attached hydrogens (tertiary/aromatic N) is 4. The first-order valence-corrected chi connectivity index (χ1v) is 10.8. The quantitative estimate of drug-likeness (QED) is 0.514. The van der Waals surface area contributed by atoms with Gasteiger partial charge in [-0.15, -0.1) is 0 Å². The average Bonchev–Trinajstić information content (AvgIpc) is 3.38. The summed E-state index contributed by atoms with van der Waals surface area (Å²) in [4.78, 5) is 19.6. The first-order valence-electron chi connectivity index (χ1n) is 10.8. The van der Waals surface area contributed by atoms with Gasteiger partial charge in [-0.3, -0.25) is 9.89 Å². The number of benzene rings is 2. The number of H-pyrrole nitrogens is 1. The predicted octanol–water partition coefficient (Wildman–Crippen LogP) is 3.81. The molecule has 1 amide bonds. The fourth-order valence-electron chi connectivity index (χ4n) is 4.30. The van der Waals surface area contributed by atoms with Gasteiger partial charge in [-0.05, 0) is 56.2 Å². The Morgan fingerprint density at radius 1 is 1.16 bits per heavy atom.